The molecule has 1 amide bonds. The van der Waals surface area contributed by atoms with E-state index in [-0.39, 0.29) is 24.2 Å². The summed E-state index contributed by atoms with van der Waals surface area (Å²) in [6.07, 6.45) is -2.21. The SMILES string of the molecule is CC1(C)OB(c2ccc(C(=O)NCC3CC3)cc2)OC1(C)C.CCC(F)(F)F. The van der Waals surface area contributed by atoms with Crippen molar-refractivity contribution >= 4 is 18.5 Å². The second-order valence-corrected chi connectivity index (χ2v) is 8.33. The van der Waals surface area contributed by atoms with Crippen LogP contribution in [0.2, 0.25) is 0 Å². The first kappa shape index (κ1) is 22.8. The summed E-state index contributed by atoms with van der Waals surface area (Å²) in [7, 11) is -0.381. The van der Waals surface area contributed by atoms with Crippen LogP contribution in [0.25, 0.3) is 0 Å². The lowest BCUT2D eigenvalue weighted by Gasteiger charge is -2.32. The molecule has 3 rings (SSSR count). The molecule has 1 saturated heterocycles. The van der Waals surface area contributed by atoms with Crippen molar-refractivity contribution < 1.29 is 27.3 Å². The molecule has 1 N–H and O–H groups in total. The van der Waals surface area contributed by atoms with E-state index in [1.807, 2.05) is 52.0 Å². The summed E-state index contributed by atoms with van der Waals surface area (Å²) in [4.78, 5) is 12.0. The van der Waals surface area contributed by atoms with Gasteiger partial charge >= 0.3 is 13.3 Å². The van der Waals surface area contributed by atoms with Gasteiger partial charge in [0, 0.05) is 18.5 Å². The van der Waals surface area contributed by atoms with Crippen molar-refractivity contribution in [3.8, 4) is 0 Å². The van der Waals surface area contributed by atoms with Crippen molar-refractivity contribution in [3.63, 3.8) is 0 Å². The summed E-state index contributed by atoms with van der Waals surface area (Å²) in [5.41, 5.74) is 0.925. The smallest absolute Gasteiger partial charge is 0.399 e. The van der Waals surface area contributed by atoms with Crippen molar-refractivity contribution in [1.82, 2.24) is 5.32 Å². The lowest BCUT2D eigenvalue weighted by Crippen LogP contribution is -2.41. The quantitative estimate of drug-likeness (QED) is 0.777. The topological polar surface area (TPSA) is 47.6 Å². The van der Waals surface area contributed by atoms with Gasteiger partial charge in [-0.05, 0) is 64.1 Å². The van der Waals surface area contributed by atoms with E-state index in [2.05, 4.69) is 5.32 Å². The molecule has 8 heteroatoms. The third kappa shape index (κ3) is 6.24. The Labute approximate surface area is 165 Å². The number of amides is 1. The van der Waals surface area contributed by atoms with E-state index in [1.165, 1.54) is 12.8 Å². The van der Waals surface area contributed by atoms with Gasteiger partial charge in [0.2, 0.25) is 0 Å². The second-order valence-electron chi connectivity index (χ2n) is 8.33. The molecule has 1 aromatic carbocycles. The minimum atomic E-state index is -3.96. The van der Waals surface area contributed by atoms with Gasteiger partial charge in [-0.2, -0.15) is 13.2 Å². The van der Waals surface area contributed by atoms with Gasteiger partial charge in [-0.25, -0.2) is 0 Å². The minimum Gasteiger partial charge on any atom is -0.399 e. The predicted molar refractivity (Wildman–Crippen MR) is 104 cm³/mol. The molecule has 0 aromatic heterocycles. The number of benzene rings is 1. The number of halogens is 3. The maximum atomic E-state index is 12.0. The van der Waals surface area contributed by atoms with Gasteiger partial charge < -0.3 is 14.6 Å². The highest BCUT2D eigenvalue weighted by atomic mass is 19.4. The fourth-order valence-electron chi connectivity index (χ4n) is 2.43. The van der Waals surface area contributed by atoms with Crippen molar-refractivity contribution in [1.29, 1.82) is 0 Å². The number of carbonyl (C=O) groups is 1. The Kier molecular flexibility index (Phi) is 6.87. The van der Waals surface area contributed by atoms with Crippen LogP contribution in [0.4, 0.5) is 13.2 Å². The number of rotatable bonds is 4. The molecule has 1 aliphatic carbocycles. The molecule has 1 aromatic rings. The average Bonchev–Trinajstić information content (AvgIpc) is 3.39. The first-order valence-corrected chi connectivity index (χ1v) is 9.65. The molecule has 28 heavy (non-hydrogen) atoms. The molecule has 0 radical (unpaired) electrons. The van der Waals surface area contributed by atoms with Crippen LogP contribution in [-0.4, -0.2) is 36.9 Å². The normalized spacial score (nSPS) is 20.4. The summed E-state index contributed by atoms with van der Waals surface area (Å²) in [6, 6.07) is 7.49. The summed E-state index contributed by atoms with van der Waals surface area (Å²) in [6.45, 7) is 10.0. The third-order valence-corrected chi connectivity index (χ3v) is 5.35. The Morgan fingerprint density at radius 2 is 1.57 bits per heavy atom. The number of alkyl halides is 3. The molecular formula is C20H29BF3NO3. The van der Waals surface area contributed by atoms with E-state index >= 15 is 0 Å². The van der Waals surface area contributed by atoms with Crippen LogP contribution >= 0.6 is 0 Å². The average molecular weight is 399 g/mol. The highest BCUT2D eigenvalue weighted by Crippen LogP contribution is 2.36. The fourth-order valence-corrected chi connectivity index (χ4v) is 2.43. The first-order valence-electron chi connectivity index (χ1n) is 9.65. The Morgan fingerprint density at radius 3 is 1.96 bits per heavy atom. The first-order chi connectivity index (χ1) is 12.8. The van der Waals surface area contributed by atoms with Crippen molar-refractivity contribution in [2.45, 2.75) is 71.3 Å². The van der Waals surface area contributed by atoms with Gasteiger partial charge in [-0.3, -0.25) is 4.79 Å². The lowest BCUT2D eigenvalue weighted by atomic mass is 9.79. The predicted octanol–water partition coefficient (Wildman–Crippen LogP) is 4.08. The summed E-state index contributed by atoms with van der Waals surface area (Å²) in [5, 5.41) is 2.97. The van der Waals surface area contributed by atoms with Gasteiger partial charge in [0.15, 0.2) is 0 Å². The monoisotopic (exact) mass is 399 g/mol. The minimum absolute atomic E-state index is 0.00707. The molecule has 1 saturated carbocycles. The zero-order valence-electron chi connectivity index (χ0n) is 17.2. The molecule has 2 aliphatic rings. The van der Waals surface area contributed by atoms with E-state index in [0.29, 0.717) is 11.5 Å². The van der Waals surface area contributed by atoms with Crippen molar-refractivity contribution in [2.75, 3.05) is 6.54 Å². The third-order valence-electron chi connectivity index (χ3n) is 5.35. The number of hydrogen-bond donors (Lipinski definition) is 1. The standard InChI is InChI=1S/C17H24BNO3.C3H5F3/c1-16(2)17(3,4)22-18(21-16)14-9-7-13(8-10-14)15(20)19-11-12-5-6-12;1-2-3(4,5)6/h7-10,12H,5-6,11H2,1-4H3,(H,19,20);2H2,1H3. The highest BCUT2D eigenvalue weighted by Gasteiger charge is 2.51. The lowest BCUT2D eigenvalue weighted by molar-refractivity contribution is -0.130. The number of carbonyl (C=O) groups excluding carboxylic acids is 1. The molecule has 0 spiro atoms. The summed E-state index contributed by atoms with van der Waals surface area (Å²) < 4.78 is 44.4. The van der Waals surface area contributed by atoms with Crippen LogP contribution in [0, 0.1) is 5.92 Å². The van der Waals surface area contributed by atoms with E-state index in [9.17, 15) is 18.0 Å². The molecule has 0 unspecified atom stereocenters. The Bertz CT molecular complexity index is 654. The largest absolute Gasteiger partial charge is 0.494 e. The van der Waals surface area contributed by atoms with Crippen LogP contribution in [-0.2, 0) is 9.31 Å². The maximum absolute atomic E-state index is 12.0. The van der Waals surface area contributed by atoms with Gasteiger partial charge in [0.25, 0.3) is 5.91 Å². The van der Waals surface area contributed by atoms with Crippen LogP contribution < -0.4 is 10.8 Å². The molecule has 0 atom stereocenters. The fraction of sp³-hybridized carbons (Fsp3) is 0.650. The molecule has 0 bridgehead atoms. The van der Waals surface area contributed by atoms with Gasteiger partial charge in [-0.15, -0.1) is 0 Å². The Balaban J connectivity index is 0.000000409. The summed E-state index contributed by atoms with van der Waals surface area (Å²) in [5.74, 6) is 0.681. The van der Waals surface area contributed by atoms with Gasteiger partial charge in [0.05, 0.1) is 11.2 Å². The molecule has 1 aliphatic heterocycles. The van der Waals surface area contributed by atoms with Crippen LogP contribution in [0.1, 0.15) is 64.2 Å². The van der Waals surface area contributed by atoms with Gasteiger partial charge in [-0.1, -0.05) is 19.1 Å². The summed E-state index contributed by atoms with van der Waals surface area (Å²) >= 11 is 0. The highest BCUT2D eigenvalue weighted by molar-refractivity contribution is 6.62. The van der Waals surface area contributed by atoms with Crippen LogP contribution in [0.15, 0.2) is 24.3 Å². The van der Waals surface area contributed by atoms with E-state index in [0.717, 1.165) is 18.9 Å². The number of hydrogen-bond acceptors (Lipinski definition) is 3. The van der Waals surface area contributed by atoms with E-state index in [4.69, 9.17) is 9.31 Å². The zero-order valence-corrected chi connectivity index (χ0v) is 17.2. The number of nitrogens with one attached hydrogen (secondary N) is 1. The van der Waals surface area contributed by atoms with Crippen molar-refractivity contribution in [2.24, 2.45) is 5.92 Å². The van der Waals surface area contributed by atoms with Gasteiger partial charge in [0.1, 0.15) is 0 Å². The van der Waals surface area contributed by atoms with Crippen molar-refractivity contribution in [3.05, 3.63) is 29.8 Å². The maximum Gasteiger partial charge on any atom is 0.494 e. The Hall–Kier alpha value is -1.54. The molecule has 1 heterocycles. The zero-order chi connectivity index (χ0) is 21.2. The van der Waals surface area contributed by atoms with E-state index in [1.54, 1.807) is 0 Å². The Morgan fingerprint density at radius 1 is 1.11 bits per heavy atom. The molecule has 2 fully saturated rings. The molecule has 156 valence electrons. The van der Waals surface area contributed by atoms with Crippen LogP contribution in [0.3, 0.4) is 0 Å². The molecular weight excluding hydrogens is 370 g/mol. The van der Waals surface area contributed by atoms with Crippen LogP contribution in [0.5, 0.6) is 0 Å². The second kappa shape index (κ2) is 8.45. The van der Waals surface area contributed by atoms with E-state index < -0.39 is 12.6 Å². The molecule has 4 nitrogen and oxygen atoms in total.